The minimum atomic E-state index is -4.61. The molecule has 4 aliphatic rings. The first-order valence-corrected chi connectivity index (χ1v) is 13.0. The number of rotatable bonds is 6. The normalized spacial score (nSPS) is 34.4. The molecule has 4 fully saturated rings. The van der Waals surface area contributed by atoms with Crippen LogP contribution in [-0.2, 0) is 20.4 Å². The topological polar surface area (TPSA) is 100 Å². The van der Waals surface area contributed by atoms with E-state index in [1.165, 1.54) is 6.07 Å². The van der Waals surface area contributed by atoms with E-state index < -0.39 is 23.0 Å². The standard InChI is InChI=1S/C25H36F3N5O4/c1-23(2,35)24(7-4-15(11-24)30-18-6-9-37-14-19(18)36-3)22(34)33-13-16-10-17(33)12-32(16)20-5-8-29-21(31-20)25(26,27)28/h5,8,15-19,30,35H,4,6-7,9-14H2,1-3H3/t15-,16-,17-,18+,19-,24-/m1/s1. The summed E-state index contributed by atoms with van der Waals surface area (Å²) in [6.45, 7) is 5.41. The Morgan fingerprint density at radius 3 is 2.70 bits per heavy atom. The van der Waals surface area contributed by atoms with E-state index in [0.29, 0.717) is 45.6 Å². The van der Waals surface area contributed by atoms with Crippen LogP contribution in [0.25, 0.3) is 0 Å². The number of ether oxygens (including phenoxy) is 2. The molecule has 1 aliphatic carbocycles. The highest BCUT2D eigenvalue weighted by Crippen LogP contribution is 2.50. The fourth-order valence-corrected chi connectivity index (χ4v) is 6.75. The molecular weight excluding hydrogens is 491 g/mol. The minimum absolute atomic E-state index is 0.0541. The lowest BCUT2D eigenvalue weighted by atomic mass is 9.70. The average molecular weight is 528 g/mol. The Labute approximate surface area is 214 Å². The van der Waals surface area contributed by atoms with Crippen LogP contribution in [0.3, 0.4) is 0 Å². The fourth-order valence-electron chi connectivity index (χ4n) is 6.75. The van der Waals surface area contributed by atoms with Gasteiger partial charge in [0.05, 0.1) is 35.8 Å². The second-order valence-corrected chi connectivity index (χ2v) is 11.4. The molecule has 2 N–H and O–H groups in total. The van der Waals surface area contributed by atoms with Crippen LogP contribution < -0.4 is 10.2 Å². The van der Waals surface area contributed by atoms with E-state index >= 15 is 0 Å². The minimum Gasteiger partial charge on any atom is -0.389 e. The van der Waals surface area contributed by atoms with Gasteiger partial charge >= 0.3 is 6.18 Å². The number of hydrogen-bond acceptors (Lipinski definition) is 8. The van der Waals surface area contributed by atoms with Crippen molar-refractivity contribution in [1.29, 1.82) is 0 Å². The lowest BCUT2D eigenvalue weighted by molar-refractivity contribution is -0.159. The molecule has 1 amide bonds. The van der Waals surface area contributed by atoms with Gasteiger partial charge in [-0.3, -0.25) is 4.79 Å². The van der Waals surface area contributed by atoms with Crippen molar-refractivity contribution in [3.05, 3.63) is 18.1 Å². The van der Waals surface area contributed by atoms with Gasteiger partial charge in [-0.05, 0) is 52.0 Å². The molecule has 0 aromatic carbocycles. The number of anilines is 1. The molecule has 3 saturated heterocycles. The van der Waals surface area contributed by atoms with Gasteiger partial charge in [-0.15, -0.1) is 0 Å². The summed E-state index contributed by atoms with van der Waals surface area (Å²) in [4.78, 5) is 24.9. The molecule has 206 valence electrons. The first-order valence-electron chi connectivity index (χ1n) is 13.0. The third-order valence-electron chi connectivity index (χ3n) is 8.84. The van der Waals surface area contributed by atoms with Gasteiger partial charge < -0.3 is 29.7 Å². The number of alkyl halides is 3. The van der Waals surface area contributed by atoms with Crippen LogP contribution in [0, 0.1) is 5.41 Å². The largest absolute Gasteiger partial charge is 0.451 e. The number of nitrogens with zero attached hydrogens (tertiary/aromatic N) is 4. The first-order chi connectivity index (χ1) is 17.4. The van der Waals surface area contributed by atoms with Gasteiger partial charge in [0.15, 0.2) is 0 Å². The maximum atomic E-state index is 14.1. The molecule has 6 atom stereocenters. The zero-order valence-corrected chi connectivity index (χ0v) is 21.5. The Morgan fingerprint density at radius 1 is 1.27 bits per heavy atom. The number of fused-ring (bicyclic) bond motifs is 2. The number of piperazine rings is 1. The van der Waals surface area contributed by atoms with Crippen LogP contribution in [0.4, 0.5) is 19.0 Å². The van der Waals surface area contributed by atoms with E-state index in [2.05, 4.69) is 15.3 Å². The quantitative estimate of drug-likeness (QED) is 0.580. The number of methoxy groups -OCH3 is 1. The van der Waals surface area contributed by atoms with E-state index in [1.54, 1.807) is 21.0 Å². The fraction of sp³-hybridized carbons (Fsp3) is 0.800. The smallest absolute Gasteiger partial charge is 0.389 e. The van der Waals surface area contributed by atoms with E-state index in [4.69, 9.17) is 9.47 Å². The lowest BCUT2D eigenvalue weighted by Gasteiger charge is -2.45. The van der Waals surface area contributed by atoms with Crippen LogP contribution in [0.5, 0.6) is 0 Å². The highest BCUT2D eigenvalue weighted by molar-refractivity contribution is 5.85. The van der Waals surface area contributed by atoms with Gasteiger partial charge in [0, 0.05) is 45.1 Å². The van der Waals surface area contributed by atoms with E-state index in [9.17, 15) is 23.1 Å². The summed E-state index contributed by atoms with van der Waals surface area (Å²) in [5, 5.41) is 14.9. The molecule has 0 radical (unpaired) electrons. The second kappa shape index (κ2) is 9.62. The summed E-state index contributed by atoms with van der Waals surface area (Å²) >= 11 is 0. The molecule has 2 bridgehead atoms. The third-order valence-corrected chi connectivity index (χ3v) is 8.84. The molecule has 5 rings (SSSR count). The van der Waals surface area contributed by atoms with Crippen LogP contribution in [0.2, 0.25) is 0 Å². The van der Waals surface area contributed by atoms with Crippen molar-refractivity contribution in [1.82, 2.24) is 20.2 Å². The summed E-state index contributed by atoms with van der Waals surface area (Å²) in [6.07, 6.45) is -0.214. The monoisotopic (exact) mass is 527 g/mol. The van der Waals surface area contributed by atoms with Gasteiger partial charge in [-0.1, -0.05) is 0 Å². The van der Waals surface area contributed by atoms with Crippen molar-refractivity contribution < 1.29 is 32.5 Å². The molecule has 9 nitrogen and oxygen atoms in total. The van der Waals surface area contributed by atoms with Gasteiger partial charge in [0.2, 0.25) is 11.7 Å². The number of likely N-dealkylation sites (tertiary alicyclic amines) is 1. The number of hydrogen-bond donors (Lipinski definition) is 2. The van der Waals surface area contributed by atoms with Gasteiger partial charge in [-0.2, -0.15) is 13.2 Å². The van der Waals surface area contributed by atoms with Crippen molar-refractivity contribution in [2.24, 2.45) is 5.41 Å². The lowest BCUT2D eigenvalue weighted by Crippen LogP contribution is -2.59. The van der Waals surface area contributed by atoms with Crippen LogP contribution in [0.1, 0.15) is 51.8 Å². The van der Waals surface area contributed by atoms with Gasteiger partial charge in [0.1, 0.15) is 5.82 Å². The summed E-state index contributed by atoms with van der Waals surface area (Å²) in [6, 6.07) is 1.42. The van der Waals surface area contributed by atoms with Crippen molar-refractivity contribution in [3.8, 4) is 0 Å². The SMILES string of the molecule is CO[C@@H]1COCC[C@@H]1N[C@@H]1CC[C@@](C(=O)N2C[C@H]3C[C@@H]2CN3c2ccnc(C(F)(F)F)n2)(C(C)(C)O)C1. The van der Waals surface area contributed by atoms with E-state index in [0.717, 1.165) is 19.0 Å². The van der Waals surface area contributed by atoms with Crippen molar-refractivity contribution in [3.63, 3.8) is 0 Å². The molecule has 3 aliphatic heterocycles. The maximum Gasteiger partial charge on any atom is 0.451 e. The Morgan fingerprint density at radius 2 is 2.05 bits per heavy atom. The molecule has 0 unspecified atom stereocenters. The number of aromatic nitrogens is 2. The summed E-state index contributed by atoms with van der Waals surface area (Å²) in [7, 11) is 1.67. The summed E-state index contributed by atoms with van der Waals surface area (Å²) in [5.41, 5.74) is -2.17. The van der Waals surface area contributed by atoms with E-state index in [1.807, 2.05) is 9.80 Å². The third kappa shape index (κ3) is 4.81. The molecule has 1 aromatic rings. The van der Waals surface area contributed by atoms with Crippen molar-refractivity contribution in [2.45, 2.75) is 88.0 Å². The highest BCUT2D eigenvalue weighted by atomic mass is 19.4. The van der Waals surface area contributed by atoms with Crippen molar-refractivity contribution >= 4 is 11.7 Å². The number of halogens is 3. The van der Waals surface area contributed by atoms with Crippen LogP contribution >= 0.6 is 0 Å². The van der Waals surface area contributed by atoms with Gasteiger partial charge in [0.25, 0.3) is 0 Å². The highest BCUT2D eigenvalue weighted by Gasteiger charge is 2.59. The van der Waals surface area contributed by atoms with Crippen LogP contribution in [0.15, 0.2) is 12.3 Å². The molecule has 1 aromatic heterocycles. The molecule has 4 heterocycles. The molecule has 1 saturated carbocycles. The molecule has 0 spiro atoms. The Hall–Kier alpha value is -2.02. The predicted molar refractivity (Wildman–Crippen MR) is 128 cm³/mol. The number of nitrogens with one attached hydrogen (secondary N) is 1. The average Bonchev–Trinajstić information content (AvgIpc) is 3.58. The summed E-state index contributed by atoms with van der Waals surface area (Å²) < 4.78 is 50.5. The Kier molecular flexibility index (Phi) is 6.91. The van der Waals surface area contributed by atoms with Crippen molar-refractivity contribution in [2.75, 3.05) is 38.3 Å². The second-order valence-electron chi connectivity index (χ2n) is 11.4. The zero-order chi connectivity index (χ0) is 26.6. The molecule has 37 heavy (non-hydrogen) atoms. The first kappa shape index (κ1) is 26.6. The predicted octanol–water partition coefficient (Wildman–Crippen LogP) is 1.99. The molecular formula is C25H36F3N5O4. The van der Waals surface area contributed by atoms with E-state index in [-0.39, 0.29) is 42.0 Å². The maximum absolute atomic E-state index is 14.1. The number of aliphatic hydroxyl groups is 1. The Balaban J connectivity index is 1.29. The summed E-state index contributed by atoms with van der Waals surface area (Å²) in [5.74, 6) is -0.995. The number of carbonyl (C=O) groups excluding carboxylic acids is 1. The number of amides is 1. The van der Waals surface area contributed by atoms with Crippen LogP contribution in [-0.4, -0.2) is 95.2 Å². The number of carbonyl (C=O) groups is 1. The Bertz CT molecular complexity index is 1010. The zero-order valence-electron chi connectivity index (χ0n) is 21.5. The molecule has 12 heteroatoms. The van der Waals surface area contributed by atoms with Gasteiger partial charge in [-0.25, -0.2) is 9.97 Å².